The van der Waals surface area contributed by atoms with Gasteiger partial charge in [0.15, 0.2) is 0 Å². The minimum atomic E-state index is -1.67. The van der Waals surface area contributed by atoms with Crippen LogP contribution in [0.1, 0.15) is 129 Å². The lowest BCUT2D eigenvalue weighted by molar-refractivity contribution is -0.136. The highest BCUT2D eigenvalue weighted by Gasteiger charge is 2.37. The number of primary amides is 1. The SMILES string of the molecule is CCCCCCCCCC(=O)N[C@@H](CCN)C(=O)N[C@H](C(=O)N[C@@H](CCN)C(=O)N[C@H]1CSSC[C@H](C(N)=O)NC(=O)[C@H](CCN)NC(=O)[C@H](CCN)NC(=O)[C@H](CCCC)NC(=O)[C@@H](Cc2ccccc2)NC(=O)[C@H](CCN)NC1=O)[C@@H](C)O. The lowest BCUT2D eigenvalue weighted by atomic mass is 10.0. The zero-order valence-corrected chi connectivity index (χ0v) is 51.1. The average Bonchev–Trinajstić information content (AvgIpc) is 3.69. The van der Waals surface area contributed by atoms with E-state index in [2.05, 4.69) is 60.1 Å². The van der Waals surface area contributed by atoms with Gasteiger partial charge in [-0.25, -0.2) is 0 Å². The van der Waals surface area contributed by atoms with Crippen molar-refractivity contribution in [2.24, 2.45) is 34.4 Å². The van der Waals surface area contributed by atoms with Crippen molar-refractivity contribution in [3.63, 3.8) is 0 Å². The highest BCUT2D eigenvalue weighted by molar-refractivity contribution is 8.76. The van der Waals surface area contributed by atoms with E-state index in [1.54, 1.807) is 30.3 Å². The second-order valence-electron chi connectivity index (χ2n) is 20.9. The van der Waals surface area contributed by atoms with Crippen molar-refractivity contribution < 1.29 is 57.8 Å². The van der Waals surface area contributed by atoms with E-state index in [4.69, 9.17) is 34.4 Å². The van der Waals surface area contributed by atoms with Crippen LogP contribution in [0.2, 0.25) is 0 Å². The van der Waals surface area contributed by atoms with Gasteiger partial charge in [0.05, 0.1) is 6.10 Å². The van der Waals surface area contributed by atoms with Gasteiger partial charge >= 0.3 is 0 Å². The third kappa shape index (κ3) is 28.7. The maximum absolute atomic E-state index is 14.5. The fourth-order valence-corrected chi connectivity index (χ4v) is 11.2. The number of unbranched alkanes of at least 4 members (excludes halogenated alkanes) is 7. The maximum Gasteiger partial charge on any atom is 0.245 e. The number of benzene rings is 1. The molecule has 0 bridgehead atoms. The normalized spacial score (nSPS) is 22.1. The Morgan fingerprint density at radius 3 is 1.51 bits per heavy atom. The number of rotatable bonds is 32. The lowest BCUT2D eigenvalue weighted by Crippen LogP contribution is -2.62. The fourth-order valence-electron chi connectivity index (χ4n) is 8.86. The summed E-state index contributed by atoms with van der Waals surface area (Å²) >= 11 is 0. The van der Waals surface area contributed by atoms with Crippen molar-refractivity contribution in [3.05, 3.63) is 35.9 Å². The first-order valence-corrected chi connectivity index (χ1v) is 32.0. The summed E-state index contributed by atoms with van der Waals surface area (Å²) in [6, 6.07) is -5.36. The van der Waals surface area contributed by atoms with E-state index >= 15 is 0 Å². The van der Waals surface area contributed by atoms with Crippen LogP contribution in [0.25, 0.3) is 0 Å². The molecule has 1 aromatic rings. The lowest BCUT2D eigenvalue weighted by Gasteiger charge is -2.28. The smallest absolute Gasteiger partial charge is 0.245 e. The van der Waals surface area contributed by atoms with Crippen molar-refractivity contribution >= 4 is 86.6 Å². The average molecular weight is 1240 g/mol. The molecule has 0 aliphatic carbocycles. The van der Waals surface area contributed by atoms with E-state index in [-0.39, 0.29) is 95.6 Å². The molecule has 11 atom stereocenters. The van der Waals surface area contributed by atoms with Gasteiger partial charge in [0.2, 0.25) is 65.0 Å². The van der Waals surface area contributed by atoms with Crippen LogP contribution in [0.3, 0.4) is 0 Å². The number of nitrogens with one attached hydrogen (secondary N) is 10. The Labute approximate surface area is 506 Å². The number of hydrogen-bond donors (Lipinski definition) is 17. The number of carbonyl (C=O) groups excluding carboxylic acids is 11. The summed E-state index contributed by atoms with van der Waals surface area (Å²) in [5.74, 6) is -9.79. The minimum Gasteiger partial charge on any atom is -0.391 e. The van der Waals surface area contributed by atoms with Crippen LogP contribution in [0.4, 0.5) is 0 Å². The van der Waals surface area contributed by atoms with Crippen LogP contribution in [-0.2, 0) is 59.2 Å². The molecular weight excluding hydrogens is 1140 g/mol. The van der Waals surface area contributed by atoms with Crippen LogP contribution in [0.15, 0.2) is 30.3 Å². The van der Waals surface area contributed by atoms with Crippen LogP contribution in [0, 0.1) is 0 Å². The molecule has 0 unspecified atom stereocenters. The van der Waals surface area contributed by atoms with E-state index in [1.165, 1.54) is 6.92 Å². The highest BCUT2D eigenvalue weighted by atomic mass is 33.1. The fraction of sp³-hybridized carbons (Fsp3) is 0.691. The van der Waals surface area contributed by atoms with Gasteiger partial charge < -0.3 is 92.7 Å². The second kappa shape index (κ2) is 42.6. The molecular formula is C55H96N16O12S2. The molecule has 30 heteroatoms. The number of carbonyl (C=O) groups is 11. The predicted octanol–water partition coefficient (Wildman–Crippen LogP) is -3.59. The molecule has 0 spiro atoms. The zero-order valence-electron chi connectivity index (χ0n) is 49.4. The van der Waals surface area contributed by atoms with Gasteiger partial charge in [0, 0.05) is 24.3 Å². The Morgan fingerprint density at radius 1 is 0.541 bits per heavy atom. The van der Waals surface area contributed by atoms with Crippen LogP contribution >= 0.6 is 21.6 Å². The zero-order chi connectivity index (χ0) is 63.3. The van der Waals surface area contributed by atoms with E-state index < -0.39 is 132 Å². The highest BCUT2D eigenvalue weighted by Crippen LogP contribution is 2.24. The third-order valence-electron chi connectivity index (χ3n) is 13.8. The number of hydrogen-bond acceptors (Lipinski definition) is 19. The first kappa shape index (κ1) is 74.9. The molecule has 1 saturated heterocycles. The molecule has 1 aliphatic heterocycles. The van der Waals surface area contributed by atoms with Gasteiger partial charge in [0.25, 0.3) is 0 Å². The van der Waals surface area contributed by atoms with Crippen molar-refractivity contribution in [1.82, 2.24) is 53.2 Å². The molecule has 23 N–H and O–H groups in total. The first-order valence-electron chi connectivity index (χ1n) is 29.5. The van der Waals surface area contributed by atoms with Gasteiger partial charge in [-0.15, -0.1) is 0 Å². The number of aliphatic hydroxyl groups excluding tert-OH is 1. The summed E-state index contributed by atoms with van der Waals surface area (Å²) in [6.45, 7) is 4.67. The first-order chi connectivity index (χ1) is 40.7. The summed E-state index contributed by atoms with van der Waals surface area (Å²) in [6.07, 6.45) is 5.86. The minimum absolute atomic E-state index is 0.000754. The van der Waals surface area contributed by atoms with Gasteiger partial charge in [-0.3, -0.25) is 52.7 Å². The molecule has 0 saturated carbocycles. The van der Waals surface area contributed by atoms with Gasteiger partial charge in [0.1, 0.15) is 60.4 Å². The Kier molecular flexibility index (Phi) is 37.6. The van der Waals surface area contributed by atoms with E-state index in [1.807, 2.05) is 6.92 Å². The number of amides is 11. The van der Waals surface area contributed by atoms with Crippen molar-refractivity contribution in [3.8, 4) is 0 Å². The van der Waals surface area contributed by atoms with Crippen LogP contribution in [-0.4, -0.2) is 181 Å². The van der Waals surface area contributed by atoms with E-state index in [9.17, 15) is 57.8 Å². The Bertz CT molecular complexity index is 2280. The van der Waals surface area contributed by atoms with Crippen molar-refractivity contribution in [2.45, 2.75) is 196 Å². The van der Waals surface area contributed by atoms with Crippen molar-refractivity contribution in [2.75, 3.05) is 44.2 Å². The van der Waals surface area contributed by atoms with Gasteiger partial charge in [-0.1, -0.05) is 117 Å². The summed E-state index contributed by atoms with van der Waals surface area (Å²) < 4.78 is 0. The number of aliphatic hydroxyl groups is 1. The summed E-state index contributed by atoms with van der Waals surface area (Å²) in [5.41, 5.74) is 35.7. The quantitative estimate of drug-likeness (QED) is 0.0245. The van der Waals surface area contributed by atoms with Crippen LogP contribution < -0.4 is 87.6 Å². The predicted molar refractivity (Wildman–Crippen MR) is 326 cm³/mol. The summed E-state index contributed by atoms with van der Waals surface area (Å²) in [5, 5.41) is 36.8. The van der Waals surface area contributed by atoms with E-state index in [0.717, 1.165) is 60.1 Å². The topological polar surface area (TPSA) is 484 Å². The molecule has 0 aromatic heterocycles. The van der Waals surface area contributed by atoms with Crippen molar-refractivity contribution in [1.29, 1.82) is 0 Å². The Balaban J connectivity index is 2.61. The molecule has 1 fully saturated rings. The van der Waals surface area contributed by atoms with Gasteiger partial charge in [-0.2, -0.15) is 0 Å². The van der Waals surface area contributed by atoms with Crippen LogP contribution in [0.5, 0.6) is 0 Å². The standard InChI is InChI=1S/C55H96N16O12S2/c1-4-6-8-9-10-11-15-19-44(73)62-36(20-25-56)52(80)71-45(33(3)72)55(83)67-40(24-29-60)51(79)70-43-32-85-84-31-42(46(61)74)69-50(78)39(23-28-59)65-48(76)37(21-26-57)64-47(75)35(18-7-5-2)63-53(81)41(30-34-16-13-12-14-17-34)68-49(77)38(22-27-58)66-54(43)82/h12-14,16-17,33,35-43,45,72H,4-11,15,18-32,56-60H2,1-3H3,(H2,61,74)(H,62,73)(H,63,81)(H,64,75)(H,65,76)(H,66,82)(H,67,83)(H,68,77)(H,69,78)(H,70,79)(H,71,80)/t33-,35+,36+,37+,38+,39+,40+,41-,42-,43+,45+/m1/s1. The molecule has 480 valence electrons. The molecule has 0 radical (unpaired) electrons. The molecule has 1 aliphatic rings. The molecule has 2 rings (SSSR count). The largest absolute Gasteiger partial charge is 0.391 e. The Hall–Kier alpha value is -6.15. The monoisotopic (exact) mass is 1240 g/mol. The molecule has 1 heterocycles. The summed E-state index contributed by atoms with van der Waals surface area (Å²) in [4.78, 5) is 153. The molecule has 85 heavy (non-hydrogen) atoms. The maximum atomic E-state index is 14.5. The molecule has 28 nitrogen and oxygen atoms in total. The number of nitrogens with two attached hydrogens (primary N) is 6. The van der Waals surface area contributed by atoms with Gasteiger partial charge in [-0.05, 0) is 90.2 Å². The summed E-state index contributed by atoms with van der Waals surface area (Å²) in [7, 11) is 1.87. The third-order valence-corrected chi connectivity index (χ3v) is 16.2. The Morgan fingerprint density at radius 2 is 1.00 bits per heavy atom. The second-order valence-corrected chi connectivity index (χ2v) is 23.5. The van der Waals surface area contributed by atoms with E-state index in [0.29, 0.717) is 24.8 Å². The molecule has 1 aromatic carbocycles. The molecule has 11 amide bonds.